The van der Waals surface area contributed by atoms with Crippen LogP contribution in [0.15, 0.2) is 63.4 Å². The number of hydrogen-bond donors (Lipinski definition) is 4. The number of benzene rings is 2. The van der Waals surface area contributed by atoms with Gasteiger partial charge in [-0.3, -0.25) is 24.2 Å². The molecule has 0 radical (unpaired) electrons. The highest BCUT2D eigenvalue weighted by Gasteiger charge is 2.30. The number of sulfone groups is 1. The van der Waals surface area contributed by atoms with Gasteiger partial charge in [-0.1, -0.05) is 12.1 Å². The molecule has 13 nitrogen and oxygen atoms in total. The molecule has 0 saturated carbocycles. The largest absolute Gasteiger partial charge is 0.394 e. The average molecular weight is 468 g/mol. The minimum Gasteiger partial charge on any atom is -0.306 e. The second-order valence-electron chi connectivity index (χ2n) is 6.01. The Hall–Kier alpha value is -3.66. The number of nitro benzene ring substituents is 1. The van der Waals surface area contributed by atoms with Crippen molar-refractivity contribution < 1.29 is 30.9 Å². The lowest BCUT2D eigenvalue weighted by Gasteiger charge is -2.09. The number of nitro groups is 1. The van der Waals surface area contributed by atoms with Crippen LogP contribution >= 0.6 is 0 Å². The molecule has 0 unspecified atom stereocenters. The fourth-order valence-electron chi connectivity index (χ4n) is 2.85. The predicted octanol–water partition coefficient (Wildman–Crippen LogP) is 1.49. The van der Waals surface area contributed by atoms with Gasteiger partial charge in [-0.15, -0.1) is 0 Å². The van der Waals surface area contributed by atoms with Gasteiger partial charge in [0, 0.05) is 29.2 Å². The summed E-state index contributed by atoms with van der Waals surface area (Å²) in [6.07, 6.45) is 2.96. The molecule has 4 rings (SSSR count). The second-order valence-corrected chi connectivity index (χ2v) is 8.79. The van der Waals surface area contributed by atoms with Crippen LogP contribution < -0.4 is 5.69 Å². The monoisotopic (exact) mass is 468 g/mol. The van der Waals surface area contributed by atoms with Crippen molar-refractivity contribution in [1.29, 1.82) is 0 Å². The van der Waals surface area contributed by atoms with Gasteiger partial charge >= 0.3 is 16.1 Å². The van der Waals surface area contributed by atoms with Crippen molar-refractivity contribution >= 4 is 47.7 Å². The first-order chi connectivity index (χ1) is 14.4. The highest BCUT2D eigenvalue weighted by molar-refractivity contribution is 7.92. The molecule has 0 aliphatic heterocycles. The molecule has 0 fully saturated rings. The van der Waals surface area contributed by atoms with Crippen molar-refractivity contribution in [2.75, 3.05) is 0 Å². The van der Waals surface area contributed by atoms with Gasteiger partial charge in [0.15, 0.2) is 4.90 Å². The molecule has 0 amide bonds. The summed E-state index contributed by atoms with van der Waals surface area (Å²) in [5, 5.41) is 12.4. The van der Waals surface area contributed by atoms with Crippen LogP contribution in [0, 0.1) is 10.1 Å². The highest BCUT2D eigenvalue weighted by atomic mass is 32.3. The van der Waals surface area contributed by atoms with E-state index < -0.39 is 41.4 Å². The van der Waals surface area contributed by atoms with Crippen LogP contribution in [0.3, 0.4) is 0 Å². The Kier molecular flexibility index (Phi) is 5.60. The number of H-pyrrole nitrogens is 2. The molecule has 0 aliphatic carbocycles. The quantitative estimate of drug-likeness (QED) is 0.193. The lowest BCUT2D eigenvalue weighted by molar-refractivity contribution is -0.387. The summed E-state index contributed by atoms with van der Waals surface area (Å²) in [4.78, 5) is 30.3. The minimum atomic E-state index is -4.67. The summed E-state index contributed by atoms with van der Waals surface area (Å²) < 4.78 is 58.0. The van der Waals surface area contributed by atoms with Gasteiger partial charge in [0.2, 0.25) is 9.84 Å². The molecule has 0 aliphatic rings. The van der Waals surface area contributed by atoms with Crippen LogP contribution in [0.4, 0.5) is 5.69 Å². The van der Waals surface area contributed by atoms with E-state index in [2.05, 4.69) is 15.0 Å². The summed E-state index contributed by atoms with van der Waals surface area (Å²) in [5.74, 6) is 0. The Morgan fingerprint density at radius 1 is 0.968 bits per heavy atom. The topological polar surface area (TPSA) is 213 Å². The molecule has 0 spiro atoms. The van der Waals surface area contributed by atoms with Gasteiger partial charge in [-0.2, -0.15) is 8.42 Å². The maximum Gasteiger partial charge on any atom is 0.394 e. The van der Waals surface area contributed by atoms with E-state index in [1.807, 2.05) is 0 Å². The van der Waals surface area contributed by atoms with Crippen molar-refractivity contribution in [1.82, 2.24) is 15.0 Å². The van der Waals surface area contributed by atoms with E-state index in [0.29, 0.717) is 10.8 Å². The van der Waals surface area contributed by atoms with Gasteiger partial charge in [0.05, 0.1) is 20.9 Å². The summed E-state index contributed by atoms with van der Waals surface area (Å²) in [5.41, 5.74) is -0.872. The maximum atomic E-state index is 13.2. The normalized spacial score (nSPS) is 11.8. The number of pyridine rings is 1. The lowest BCUT2D eigenvalue weighted by atomic mass is 10.2. The summed E-state index contributed by atoms with van der Waals surface area (Å²) in [6, 6.07) is 8.28. The van der Waals surface area contributed by atoms with E-state index in [1.165, 1.54) is 24.5 Å². The van der Waals surface area contributed by atoms with Crippen LogP contribution in [0.5, 0.6) is 0 Å². The highest BCUT2D eigenvalue weighted by Crippen LogP contribution is 2.34. The number of aromatic nitrogens is 3. The fraction of sp³-hybridized carbons (Fsp3) is 0. The zero-order valence-corrected chi connectivity index (χ0v) is 16.7. The summed E-state index contributed by atoms with van der Waals surface area (Å²) in [7, 11) is -8.90. The molecule has 4 aromatic rings. The van der Waals surface area contributed by atoms with Crippen molar-refractivity contribution in [3.63, 3.8) is 0 Å². The number of fused-ring (bicyclic) bond motifs is 2. The molecular formula is C16H12N4O9S2. The van der Waals surface area contributed by atoms with Crippen molar-refractivity contribution in [2.24, 2.45) is 0 Å². The number of hydrogen-bond acceptors (Lipinski definition) is 8. The standard InChI is InChI=1S/C16H10N4O5S.H2O4S/c21-16-18-11-6-13(20(22)23)15(7-12(11)19-16)26(24,25)14-3-1-2-9-8-17-5-4-10(9)14;1-5(2,3)4/h1-8H,(H2,18,19,21);(H2,1,2,3,4). The van der Waals surface area contributed by atoms with Crippen molar-refractivity contribution in [2.45, 2.75) is 9.79 Å². The van der Waals surface area contributed by atoms with Gasteiger partial charge in [0.1, 0.15) is 0 Å². The number of imidazole rings is 1. The molecule has 15 heteroatoms. The second kappa shape index (κ2) is 7.88. The van der Waals surface area contributed by atoms with Crippen LogP contribution in [-0.4, -0.2) is 45.8 Å². The third-order valence-corrected chi connectivity index (χ3v) is 5.85. The number of nitrogens with one attached hydrogen (secondary N) is 2. The molecule has 0 saturated heterocycles. The van der Waals surface area contributed by atoms with Gasteiger partial charge in [-0.25, -0.2) is 13.2 Å². The van der Waals surface area contributed by atoms with Crippen LogP contribution in [-0.2, 0) is 20.2 Å². The average Bonchev–Trinajstić information content (AvgIpc) is 3.04. The van der Waals surface area contributed by atoms with E-state index in [1.54, 1.807) is 12.1 Å². The number of aromatic amines is 2. The van der Waals surface area contributed by atoms with Crippen LogP contribution in [0.25, 0.3) is 21.8 Å². The Balaban J connectivity index is 0.000000491. The smallest absolute Gasteiger partial charge is 0.306 e. The van der Waals surface area contributed by atoms with E-state index in [0.717, 1.165) is 12.1 Å². The first-order valence-electron chi connectivity index (χ1n) is 8.06. The van der Waals surface area contributed by atoms with E-state index in [4.69, 9.17) is 17.5 Å². The Bertz CT molecular complexity index is 1580. The molecule has 0 bridgehead atoms. The molecule has 162 valence electrons. The van der Waals surface area contributed by atoms with E-state index >= 15 is 0 Å². The van der Waals surface area contributed by atoms with Crippen LogP contribution in [0.2, 0.25) is 0 Å². The van der Waals surface area contributed by atoms with Gasteiger partial charge in [-0.05, 0) is 18.2 Å². The minimum absolute atomic E-state index is 0.0715. The maximum absolute atomic E-state index is 13.2. The SMILES string of the molecule is O=S(=O)(O)O.O=c1[nH]c2cc([N+](=O)[O-])c(S(=O)(=O)c3cccc4cnccc34)cc2[nH]1. The molecule has 31 heavy (non-hydrogen) atoms. The zero-order chi connectivity index (χ0) is 23.0. The Labute approximate surface area is 173 Å². The molecule has 2 aromatic carbocycles. The van der Waals surface area contributed by atoms with Crippen molar-refractivity contribution in [3.05, 3.63) is 69.4 Å². The van der Waals surface area contributed by atoms with Gasteiger partial charge < -0.3 is 9.97 Å². The first-order valence-corrected chi connectivity index (χ1v) is 10.9. The number of rotatable bonds is 3. The third-order valence-electron chi connectivity index (χ3n) is 4.01. The first kappa shape index (κ1) is 22.0. The fourth-order valence-corrected chi connectivity index (χ4v) is 4.51. The number of nitrogens with zero attached hydrogens (tertiary/aromatic N) is 2. The molecular weight excluding hydrogens is 456 g/mol. The van der Waals surface area contributed by atoms with Crippen molar-refractivity contribution in [3.8, 4) is 0 Å². The molecule has 0 atom stereocenters. The van der Waals surface area contributed by atoms with E-state index in [-0.39, 0.29) is 15.9 Å². The van der Waals surface area contributed by atoms with Gasteiger partial charge in [0.25, 0.3) is 5.69 Å². The van der Waals surface area contributed by atoms with E-state index in [9.17, 15) is 23.3 Å². The van der Waals surface area contributed by atoms with Crippen LogP contribution in [0.1, 0.15) is 0 Å². The summed E-state index contributed by atoms with van der Waals surface area (Å²) >= 11 is 0. The lowest BCUT2D eigenvalue weighted by Crippen LogP contribution is -2.06. The molecule has 2 aromatic heterocycles. The molecule has 2 heterocycles. The predicted molar refractivity (Wildman–Crippen MR) is 107 cm³/mol. The summed E-state index contributed by atoms with van der Waals surface area (Å²) in [6.45, 7) is 0. The third kappa shape index (κ3) is 4.75. The Morgan fingerprint density at radius 2 is 1.58 bits per heavy atom. The molecule has 4 N–H and O–H groups in total. The Morgan fingerprint density at radius 3 is 2.19 bits per heavy atom. The zero-order valence-electron chi connectivity index (χ0n) is 15.1.